The van der Waals surface area contributed by atoms with Crippen molar-refractivity contribution in [2.75, 3.05) is 23.6 Å². The van der Waals surface area contributed by atoms with Gasteiger partial charge in [0.25, 0.3) is 0 Å². The second kappa shape index (κ2) is 7.13. The molecule has 0 heterocycles. The molecule has 1 aromatic carbocycles. The minimum atomic E-state index is -4.51. The number of hydrogen-bond donors (Lipinski definition) is 2. The monoisotopic (exact) mass is 324 g/mol. The lowest BCUT2D eigenvalue weighted by molar-refractivity contribution is -0.138. The first-order valence-corrected chi connectivity index (χ1v) is 8.20. The molecule has 0 radical (unpaired) electrons. The maximum absolute atomic E-state index is 12.8. The van der Waals surface area contributed by atoms with Gasteiger partial charge in [-0.05, 0) is 37.6 Å². The molecule has 0 aromatic heterocycles. The van der Waals surface area contributed by atoms with Crippen LogP contribution in [0.4, 0.5) is 18.9 Å². The lowest BCUT2D eigenvalue weighted by Crippen LogP contribution is -2.27. The van der Waals surface area contributed by atoms with Crippen molar-refractivity contribution in [3.63, 3.8) is 0 Å². The minimum absolute atomic E-state index is 0.0510. The number of hydrogen-bond acceptors (Lipinski definition) is 3. The Balaban J connectivity index is 2.79. The second-order valence-electron chi connectivity index (χ2n) is 4.70. The third-order valence-corrected chi connectivity index (χ3v) is 4.08. The molecule has 0 aliphatic carbocycles. The van der Waals surface area contributed by atoms with Crippen LogP contribution in [0, 0.1) is 6.92 Å². The van der Waals surface area contributed by atoms with Crippen LogP contribution in [0.2, 0.25) is 0 Å². The van der Waals surface area contributed by atoms with Gasteiger partial charge in [0.05, 0.1) is 11.3 Å². The van der Waals surface area contributed by atoms with E-state index in [1.54, 1.807) is 0 Å². The van der Waals surface area contributed by atoms with Gasteiger partial charge in [-0.3, -0.25) is 4.72 Å². The summed E-state index contributed by atoms with van der Waals surface area (Å²) in [6, 6.07) is 3.38. The van der Waals surface area contributed by atoms with Gasteiger partial charge in [-0.25, -0.2) is 8.42 Å². The quantitative estimate of drug-likeness (QED) is 0.758. The molecule has 21 heavy (non-hydrogen) atoms. The molecule has 0 aliphatic heterocycles. The second-order valence-corrected chi connectivity index (χ2v) is 6.54. The van der Waals surface area contributed by atoms with Crippen molar-refractivity contribution in [3.05, 3.63) is 29.3 Å². The van der Waals surface area contributed by atoms with E-state index in [1.807, 2.05) is 6.92 Å². The van der Waals surface area contributed by atoms with E-state index in [4.69, 9.17) is 0 Å². The lowest BCUT2D eigenvalue weighted by atomic mass is 10.1. The first-order valence-electron chi connectivity index (χ1n) is 6.55. The third kappa shape index (κ3) is 5.92. The molecule has 2 N–H and O–H groups in total. The smallest absolute Gasteiger partial charge is 0.316 e. The number of rotatable bonds is 7. The summed E-state index contributed by atoms with van der Waals surface area (Å²) in [5, 5.41) is 2.92. The largest absolute Gasteiger partial charge is 0.416 e. The molecule has 1 rings (SSSR count). The average molecular weight is 324 g/mol. The molecular weight excluding hydrogens is 305 g/mol. The Morgan fingerprint density at radius 3 is 2.43 bits per heavy atom. The van der Waals surface area contributed by atoms with Crippen LogP contribution in [0.3, 0.4) is 0 Å². The van der Waals surface area contributed by atoms with E-state index < -0.39 is 21.8 Å². The van der Waals surface area contributed by atoms with Gasteiger partial charge in [0, 0.05) is 12.2 Å². The molecule has 0 atom stereocenters. The van der Waals surface area contributed by atoms with Crippen LogP contribution in [0.25, 0.3) is 0 Å². The Morgan fingerprint density at radius 1 is 1.19 bits per heavy atom. The number of aryl methyl sites for hydroxylation is 1. The van der Waals surface area contributed by atoms with Crippen molar-refractivity contribution in [2.24, 2.45) is 0 Å². The number of nitrogens with one attached hydrogen (secondary N) is 2. The first kappa shape index (κ1) is 17.8. The van der Waals surface area contributed by atoms with Gasteiger partial charge in [0.1, 0.15) is 0 Å². The number of alkyl halides is 3. The molecular formula is C13H19F3N2O2S. The van der Waals surface area contributed by atoms with E-state index in [0.717, 1.165) is 12.5 Å². The summed E-state index contributed by atoms with van der Waals surface area (Å²) < 4.78 is 64.0. The fraction of sp³-hybridized carbons (Fsp3) is 0.538. The molecule has 0 amide bonds. The molecule has 0 spiro atoms. The number of anilines is 1. The topological polar surface area (TPSA) is 58.2 Å². The molecule has 1 aromatic rings. The Kier molecular flexibility index (Phi) is 6.03. The van der Waals surface area contributed by atoms with Crippen LogP contribution < -0.4 is 10.0 Å². The van der Waals surface area contributed by atoms with E-state index in [2.05, 4.69) is 10.0 Å². The van der Waals surface area contributed by atoms with Crippen molar-refractivity contribution < 1.29 is 21.6 Å². The molecule has 120 valence electrons. The predicted octanol–water partition coefficient (Wildman–Crippen LogP) is 2.76. The Labute approximate surface area is 122 Å². The van der Waals surface area contributed by atoms with Gasteiger partial charge in [-0.2, -0.15) is 13.2 Å². The van der Waals surface area contributed by atoms with Crippen molar-refractivity contribution in [2.45, 2.75) is 26.4 Å². The van der Waals surface area contributed by atoms with Crippen molar-refractivity contribution in [1.82, 2.24) is 5.32 Å². The highest BCUT2D eigenvalue weighted by atomic mass is 32.2. The lowest BCUT2D eigenvalue weighted by Gasteiger charge is -2.13. The predicted molar refractivity (Wildman–Crippen MR) is 76.8 cm³/mol. The Morgan fingerprint density at radius 2 is 1.86 bits per heavy atom. The summed E-state index contributed by atoms with van der Waals surface area (Å²) in [4.78, 5) is 0. The van der Waals surface area contributed by atoms with Gasteiger partial charge < -0.3 is 5.32 Å². The number of sulfonamides is 1. The van der Waals surface area contributed by atoms with Gasteiger partial charge in [0.2, 0.25) is 10.0 Å². The average Bonchev–Trinajstić information content (AvgIpc) is 2.35. The summed E-state index contributed by atoms with van der Waals surface area (Å²) in [6.07, 6.45) is -3.63. The Hall–Kier alpha value is -1.28. The van der Waals surface area contributed by atoms with Crippen LogP contribution in [-0.4, -0.2) is 27.3 Å². The van der Waals surface area contributed by atoms with E-state index in [1.165, 1.54) is 19.1 Å². The molecule has 4 nitrogen and oxygen atoms in total. The normalized spacial score (nSPS) is 12.4. The zero-order valence-corrected chi connectivity index (χ0v) is 12.7. The molecule has 0 saturated heterocycles. The van der Waals surface area contributed by atoms with Crippen molar-refractivity contribution in [1.29, 1.82) is 0 Å². The van der Waals surface area contributed by atoms with Crippen LogP contribution in [0.5, 0.6) is 0 Å². The highest BCUT2D eigenvalue weighted by Gasteiger charge is 2.32. The summed E-state index contributed by atoms with van der Waals surface area (Å²) in [7, 11) is -3.67. The van der Waals surface area contributed by atoms with Crippen molar-refractivity contribution >= 4 is 15.7 Å². The number of halogens is 3. The van der Waals surface area contributed by atoms with Crippen LogP contribution in [0.15, 0.2) is 18.2 Å². The maximum Gasteiger partial charge on any atom is 0.416 e. The molecule has 8 heteroatoms. The third-order valence-electron chi connectivity index (χ3n) is 2.79. The highest BCUT2D eigenvalue weighted by molar-refractivity contribution is 7.92. The van der Waals surface area contributed by atoms with Crippen LogP contribution in [-0.2, 0) is 16.2 Å². The standard InChI is InChI=1S/C13H19F3N2O2S/c1-3-6-17-7-8-21(19,20)18-11-5-4-10(2)12(9-11)13(14,15)16/h4-5,9,17-18H,3,6-8H2,1-2H3. The van der Waals surface area contributed by atoms with Gasteiger partial charge in [-0.15, -0.1) is 0 Å². The van der Waals surface area contributed by atoms with Crippen molar-refractivity contribution in [3.8, 4) is 0 Å². The summed E-state index contributed by atoms with van der Waals surface area (Å²) in [5.74, 6) is -0.192. The summed E-state index contributed by atoms with van der Waals surface area (Å²) in [5.41, 5.74) is -0.870. The fourth-order valence-electron chi connectivity index (χ4n) is 1.73. The zero-order valence-electron chi connectivity index (χ0n) is 11.9. The molecule has 0 fully saturated rings. The molecule has 0 aliphatic rings. The van der Waals surface area contributed by atoms with E-state index in [0.29, 0.717) is 6.54 Å². The highest BCUT2D eigenvalue weighted by Crippen LogP contribution is 2.33. The molecule has 0 saturated carbocycles. The minimum Gasteiger partial charge on any atom is -0.316 e. The molecule has 0 unspecified atom stereocenters. The van der Waals surface area contributed by atoms with Gasteiger partial charge in [0.15, 0.2) is 0 Å². The van der Waals surface area contributed by atoms with Crippen LogP contribution >= 0.6 is 0 Å². The van der Waals surface area contributed by atoms with E-state index >= 15 is 0 Å². The van der Waals surface area contributed by atoms with Crippen LogP contribution in [0.1, 0.15) is 24.5 Å². The Bertz CT molecular complexity index is 571. The summed E-state index contributed by atoms with van der Waals surface area (Å²) in [6.45, 7) is 4.22. The van der Waals surface area contributed by atoms with E-state index in [-0.39, 0.29) is 23.5 Å². The maximum atomic E-state index is 12.8. The summed E-state index contributed by atoms with van der Waals surface area (Å²) >= 11 is 0. The van der Waals surface area contributed by atoms with E-state index in [9.17, 15) is 21.6 Å². The van der Waals surface area contributed by atoms with Gasteiger partial charge >= 0.3 is 6.18 Å². The fourth-order valence-corrected chi connectivity index (χ4v) is 2.73. The molecule has 0 bridgehead atoms. The van der Waals surface area contributed by atoms with Gasteiger partial charge in [-0.1, -0.05) is 13.0 Å². The first-order chi connectivity index (χ1) is 9.65. The SMILES string of the molecule is CCCNCCS(=O)(=O)Nc1ccc(C)c(C(F)(F)F)c1. The zero-order chi connectivity index (χ0) is 16.1. The number of benzene rings is 1.